The fourth-order valence-electron chi connectivity index (χ4n) is 3.94. The van der Waals surface area contributed by atoms with Crippen LogP contribution in [0.1, 0.15) is 13.3 Å². The molecule has 11 heteroatoms. The molecule has 0 fully saturated rings. The van der Waals surface area contributed by atoms with Crippen LogP contribution in [0.3, 0.4) is 0 Å². The first-order chi connectivity index (χ1) is 16.5. The van der Waals surface area contributed by atoms with Crippen molar-refractivity contribution in [3.63, 3.8) is 0 Å². The number of aromatic nitrogens is 5. The van der Waals surface area contributed by atoms with Gasteiger partial charge in [0.15, 0.2) is 11.3 Å². The minimum absolute atomic E-state index is 0.00987. The zero-order chi connectivity index (χ0) is 23.8. The van der Waals surface area contributed by atoms with Crippen molar-refractivity contribution in [2.45, 2.75) is 19.9 Å². The molecule has 0 amide bonds. The second-order valence-electron chi connectivity index (χ2n) is 7.60. The summed E-state index contributed by atoms with van der Waals surface area (Å²) in [6.07, 6.45) is 2.12. The van der Waals surface area contributed by atoms with Gasteiger partial charge in [0.2, 0.25) is 0 Å². The number of nitrogens with zero attached hydrogens (tertiary/aromatic N) is 6. The van der Waals surface area contributed by atoms with E-state index in [2.05, 4.69) is 4.98 Å². The first-order valence-electron chi connectivity index (χ1n) is 10.7. The highest BCUT2D eigenvalue weighted by Gasteiger charge is 2.23. The number of hydrogen-bond acceptors (Lipinski definition) is 7. The standard InChI is InChI=1S/C23H19ClN6O4/c1-2-34-11-5-10-28-13-25-21-19(23(28)31)20-22(27-17-7-4-3-6-16(17)26-20)29(21)14-8-9-15(24)18(12-14)30(32)33/h3-4,6-9,12-13H,2,5,10-11H2,1H3. The predicted molar refractivity (Wildman–Crippen MR) is 129 cm³/mol. The fourth-order valence-corrected chi connectivity index (χ4v) is 4.12. The lowest BCUT2D eigenvalue weighted by Crippen LogP contribution is -2.21. The maximum Gasteiger partial charge on any atom is 0.289 e. The largest absolute Gasteiger partial charge is 0.382 e. The van der Waals surface area contributed by atoms with Crippen molar-refractivity contribution in [2.24, 2.45) is 0 Å². The average molecular weight is 479 g/mol. The zero-order valence-corrected chi connectivity index (χ0v) is 18.9. The molecule has 0 saturated carbocycles. The molecule has 0 aliphatic rings. The van der Waals surface area contributed by atoms with Gasteiger partial charge in [-0.1, -0.05) is 23.7 Å². The number of hydrogen-bond donors (Lipinski definition) is 0. The van der Waals surface area contributed by atoms with E-state index < -0.39 is 4.92 Å². The van der Waals surface area contributed by atoms with Gasteiger partial charge in [0.25, 0.3) is 11.2 Å². The molecular formula is C23H19ClN6O4. The van der Waals surface area contributed by atoms with Crippen molar-refractivity contribution < 1.29 is 9.66 Å². The summed E-state index contributed by atoms with van der Waals surface area (Å²) in [5.74, 6) is 0. The van der Waals surface area contributed by atoms with E-state index in [0.717, 1.165) is 0 Å². The number of para-hydroxylation sites is 2. The third-order valence-corrected chi connectivity index (χ3v) is 5.83. The highest BCUT2D eigenvalue weighted by molar-refractivity contribution is 6.32. The zero-order valence-electron chi connectivity index (χ0n) is 18.1. The van der Waals surface area contributed by atoms with Gasteiger partial charge < -0.3 is 4.74 Å². The van der Waals surface area contributed by atoms with Gasteiger partial charge in [-0.2, -0.15) is 0 Å². The smallest absolute Gasteiger partial charge is 0.289 e. The Morgan fingerprint density at radius 2 is 1.88 bits per heavy atom. The summed E-state index contributed by atoms with van der Waals surface area (Å²) >= 11 is 6.03. The molecule has 0 bridgehead atoms. The van der Waals surface area contributed by atoms with Crippen molar-refractivity contribution in [1.29, 1.82) is 0 Å². The van der Waals surface area contributed by atoms with Crippen molar-refractivity contribution in [1.82, 2.24) is 24.1 Å². The van der Waals surface area contributed by atoms with Gasteiger partial charge in [-0.25, -0.2) is 15.0 Å². The number of nitro benzene ring substituents is 1. The highest BCUT2D eigenvalue weighted by atomic mass is 35.5. The summed E-state index contributed by atoms with van der Waals surface area (Å²) in [5, 5.41) is 11.8. The SMILES string of the molecule is CCOCCCn1cnc2c(c1=O)c1nc3ccccc3nc1n2-c1ccc(Cl)c([N+](=O)[O-])c1. The molecule has 0 N–H and O–H groups in total. The Bertz CT molecular complexity index is 1630. The van der Waals surface area contributed by atoms with Crippen LogP contribution in [0.5, 0.6) is 0 Å². The Morgan fingerprint density at radius 1 is 1.12 bits per heavy atom. The van der Waals surface area contributed by atoms with E-state index in [1.807, 2.05) is 31.2 Å². The monoisotopic (exact) mass is 478 g/mol. The lowest BCUT2D eigenvalue weighted by atomic mass is 10.2. The van der Waals surface area contributed by atoms with Crippen LogP contribution in [-0.4, -0.2) is 42.2 Å². The quantitative estimate of drug-likeness (QED) is 0.195. The van der Waals surface area contributed by atoms with Gasteiger partial charge in [0.05, 0.1) is 28.0 Å². The van der Waals surface area contributed by atoms with E-state index in [-0.39, 0.29) is 16.3 Å². The van der Waals surface area contributed by atoms with E-state index in [1.165, 1.54) is 23.0 Å². The van der Waals surface area contributed by atoms with Gasteiger partial charge >= 0.3 is 0 Å². The van der Waals surface area contributed by atoms with Crippen molar-refractivity contribution >= 4 is 50.5 Å². The lowest BCUT2D eigenvalue weighted by Gasteiger charge is -2.08. The number of benzene rings is 2. The molecule has 0 spiro atoms. The van der Waals surface area contributed by atoms with Crippen LogP contribution >= 0.6 is 11.6 Å². The van der Waals surface area contributed by atoms with E-state index in [4.69, 9.17) is 26.3 Å². The number of fused-ring (bicyclic) bond motifs is 4. The summed E-state index contributed by atoms with van der Waals surface area (Å²) in [7, 11) is 0. The molecule has 3 aromatic heterocycles. The second-order valence-corrected chi connectivity index (χ2v) is 8.01. The van der Waals surface area contributed by atoms with Gasteiger partial charge in [0.1, 0.15) is 15.9 Å². The molecule has 0 atom stereocenters. The highest BCUT2D eigenvalue weighted by Crippen LogP contribution is 2.32. The van der Waals surface area contributed by atoms with E-state index >= 15 is 0 Å². The molecule has 0 aliphatic carbocycles. The fraction of sp³-hybridized carbons (Fsp3) is 0.217. The van der Waals surface area contributed by atoms with Gasteiger partial charge in [-0.15, -0.1) is 0 Å². The van der Waals surface area contributed by atoms with E-state index in [1.54, 1.807) is 10.6 Å². The second kappa shape index (κ2) is 8.81. The topological polar surface area (TPSA) is 118 Å². The summed E-state index contributed by atoms with van der Waals surface area (Å²) < 4.78 is 8.51. The molecule has 0 saturated heterocycles. The minimum Gasteiger partial charge on any atom is -0.382 e. The van der Waals surface area contributed by atoms with Crippen LogP contribution in [0.2, 0.25) is 5.02 Å². The molecule has 5 aromatic rings. The van der Waals surface area contributed by atoms with E-state index in [9.17, 15) is 14.9 Å². The van der Waals surface area contributed by atoms with Crippen LogP contribution in [0.15, 0.2) is 53.6 Å². The average Bonchev–Trinajstić information content (AvgIpc) is 3.15. The van der Waals surface area contributed by atoms with Crippen LogP contribution in [0, 0.1) is 10.1 Å². The molecule has 3 heterocycles. The molecule has 5 rings (SSSR count). The van der Waals surface area contributed by atoms with Crippen molar-refractivity contribution in [3.05, 3.63) is 74.3 Å². The molecular weight excluding hydrogens is 460 g/mol. The normalized spacial score (nSPS) is 11.6. The third kappa shape index (κ3) is 3.66. The van der Waals surface area contributed by atoms with Gasteiger partial charge in [0, 0.05) is 25.8 Å². The van der Waals surface area contributed by atoms with Crippen molar-refractivity contribution in [3.8, 4) is 5.69 Å². The van der Waals surface area contributed by atoms with E-state index in [0.29, 0.717) is 65.1 Å². The number of aryl methyl sites for hydroxylation is 1. The Labute approximate surface area is 197 Å². The van der Waals surface area contributed by atoms with Crippen LogP contribution in [-0.2, 0) is 11.3 Å². The first kappa shape index (κ1) is 21.9. The maximum atomic E-state index is 13.5. The Morgan fingerprint density at radius 3 is 2.62 bits per heavy atom. The lowest BCUT2D eigenvalue weighted by molar-refractivity contribution is -0.384. The first-order valence-corrected chi connectivity index (χ1v) is 11.1. The molecule has 0 radical (unpaired) electrons. The number of halogens is 1. The van der Waals surface area contributed by atoms with Crippen molar-refractivity contribution in [2.75, 3.05) is 13.2 Å². The summed E-state index contributed by atoms with van der Waals surface area (Å²) in [6, 6.07) is 11.7. The van der Waals surface area contributed by atoms with Crippen LogP contribution in [0.25, 0.3) is 38.9 Å². The maximum absolute atomic E-state index is 13.5. The van der Waals surface area contributed by atoms with Gasteiger partial charge in [-0.05, 0) is 37.6 Å². The summed E-state index contributed by atoms with van der Waals surface area (Å²) in [5.41, 5.74) is 2.20. The Balaban J connectivity index is 1.81. The number of nitro groups is 1. The predicted octanol–water partition coefficient (Wildman–Crippen LogP) is 4.27. The molecule has 0 aliphatic heterocycles. The molecule has 0 unspecified atom stereocenters. The van der Waals surface area contributed by atoms with Crippen LogP contribution < -0.4 is 5.56 Å². The van der Waals surface area contributed by atoms with Crippen LogP contribution in [0.4, 0.5) is 5.69 Å². The molecule has 2 aromatic carbocycles. The Hall–Kier alpha value is -3.89. The number of ether oxygens (including phenoxy) is 1. The number of rotatable bonds is 7. The molecule has 172 valence electrons. The summed E-state index contributed by atoms with van der Waals surface area (Å²) in [4.78, 5) is 38.4. The minimum atomic E-state index is -0.556. The molecule has 10 nitrogen and oxygen atoms in total. The summed E-state index contributed by atoms with van der Waals surface area (Å²) in [6.45, 7) is 3.48. The molecule has 34 heavy (non-hydrogen) atoms. The van der Waals surface area contributed by atoms with Gasteiger partial charge in [-0.3, -0.25) is 24.0 Å². The third-order valence-electron chi connectivity index (χ3n) is 5.51. The Kier molecular flexibility index (Phi) is 5.68.